The van der Waals surface area contributed by atoms with E-state index in [1.807, 2.05) is 30.3 Å². The number of aromatic nitrogens is 3. The maximum Gasteiger partial charge on any atom is 0.248 e. The van der Waals surface area contributed by atoms with Crippen LogP contribution in [-0.4, -0.2) is 14.5 Å². The van der Waals surface area contributed by atoms with Crippen LogP contribution < -0.4 is 0 Å². The number of halogens is 1. The SMILES string of the molecule is Clc1nc2c(nc1-n1c3ccccc3c3c4ccccc4c4c5ccc6ccccc6c5oc4c31)oc1ccccc12. The number of hydrogen-bond donors (Lipinski definition) is 0. The van der Waals surface area contributed by atoms with Crippen LogP contribution in [0, 0.1) is 0 Å². The lowest BCUT2D eigenvalue weighted by Crippen LogP contribution is -2.00. The Kier molecular flexibility index (Phi) is 4.18. The number of benzene rings is 6. The molecule has 0 aliphatic heterocycles. The fourth-order valence-electron chi connectivity index (χ4n) is 6.76. The van der Waals surface area contributed by atoms with Gasteiger partial charge in [0.05, 0.1) is 11.0 Å². The zero-order valence-corrected chi connectivity index (χ0v) is 22.7. The summed E-state index contributed by atoms with van der Waals surface area (Å²) < 4.78 is 15.2. The lowest BCUT2D eigenvalue weighted by molar-refractivity contribution is 0.651. The third kappa shape index (κ3) is 2.73. The van der Waals surface area contributed by atoms with Gasteiger partial charge < -0.3 is 8.83 Å². The predicted octanol–water partition coefficient (Wildman–Crippen LogP) is 10.3. The maximum atomic E-state index is 7.01. The van der Waals surface area contributed by atoms with Gasteiger partial charge in [-0.15, -0.1) is 0 Å². The van der Waals surface area contributed by atoms with E-state index in [9.17, 15) is 0 Å². The maximum absolute atomic E-state index is 7.01. The molecular weight excluding hydrogens is 542 g/mol. The Morgan fingerprint density at radius 3 is 2.10 bits per heavy atom. The molecule has 6 heteroatoms. The van der Waals surface area contributed by atoms with Crippen molar-refractivity contribution in [2.45, 2.75) is 0 Å². The predicted molar refractivity (Wildman–Crippen MR) is 171 cm³/mol. The highest BCUT2D eigenvalue weighted by molar-refractivity contribution is 6.37. The van der Waals surface area contributed by atoms with Crippen molar-refractivity contribution in [3.8, 4) is 5.82 Å². The molecule has 4 heterocycles. The van der Waals surface area contributed by atoms with Crippen LogP contribution in [0.4, 0.5) is 0 Å². The molecule has 42 heavy (non-hydrogen) atoms. The second kappa shape index (κ2) is 7.87. The molecule has 0 spiro atoms. The number of para-hydroxylation sites is 2. The number of rotatable bonds is 1. The van der Waals surface area contributed by atoms with E-state index in [0.717, 1.165) is 76.3 Å². The van der Waals surface area contributed by atoms with Gasteiger partial charge in [0.1, 0.15) is 16.7 Å². The standard InChI is InChI=1S/C36H18ClN3O2/c37-34-35(39-36-30(38-34)24-14-6-8-16-27(24)41-36)40-26-15-7-5-13-23(26)28-21-11-3-4-12-22(21)29-25-18-17-19-9-1-2-10-20(19)32(25)42-33(29)31(28)40/h1-18H. The fraction of sp³-hybridized carbons (Fsp3) is 0. The molecular formula is C36H18ClN3O2. The number of fused-ring (bicyclic) bond motifs is 15. The van der Waals surface area contributed by atoms with Gasteiger partial charge in [-0.25, -0.2) is 4.98 Å². The first-order chi connectivity index (χ1) is 20.8. The van der Waals surface area contributed by atoms with E-state index < -0.39 is 0 Å². The van der Waals surface area contributed by atoms with Crippen molar-refractivity contribution in [1.82, 2.24) is 14.5 Å². The summed E-state index contributed by atoms with van der Waals surface area (Å²) in [6, 6.07) is 37.3. The van der Waals surface area contributed by atoms with Gasteiger partial charge in [-0.3, -0.25) is 4.57 Å². The molecule has 0 saturated heterocycles. The van der Waals surface area contributed by atoms with Crippen molar-refractivity contribution in [2.75, 3.05) is 0 Å². The highest BCUT2D eigenvalue weighted by Crippen LogP contribution is 2.47. The Morgan fingerprint density at radius 2 is 1.24 bits per heavy atom. The Balaban J connectivity index is 1.47. The monoisotopic (exact) mass is 559 g/mol. The van der Waals surface area contributed by atoms with Gasteiger partial charge >= 0.3 is 0 Å². The molecule has 0 unspecified atom stereocenters. The third-order valence-corrected chi connectivity index (χ3v) is 8.75. The normalized spacial score (nSPS) is 12.4. The molecule has 0 aliphatic rings. The van der Waals surface area contributed by atoms with Crippen LogP contribution in [0.15, 0.2) is 118 Å². The van der Waals surface area contributed by atoms with E-state index in [1.165, 1.54) is 0 Å². The smallest absolute Gasteiger partial charge is 0.248 e. The van der Waals surface area contributed by atoms with Gasteiger partial charge in [-0.05, 0) is 40.4 Å². The summed E-state index contributed by atoms with van der Waals surface area (Å²) in [4.78, 5) is 9.82. The Labute approximate surface area is 242 Å². The second-order valence-electron chi connectivity index (χ2n) is 10.7. The van der Waals surface area contributed by atoms with E-state index in [0.29, 0.717) is 22.2 Å². The minimum absolute atomic E-state index is 0.291. The van der Waals surface area contributed by atoms with Crippen molar-refractivity contribution in [3.05, 3.63) is 114 Å². The van der Waals surface area contributed by atoms with Gasteiger partial charge in [0.25, 0.3) is 0 Å². The quantitative estimate of drug-likeness (QED) is 0.201. The average molecular weight is 560 g/mol. The van der Waals surface area contributed by atoms with Crippen LogP contribution in [0.5, 0.6) is 0 Å². The molecule has 6 aromatic carbocycles. The summed E-state index contributed by atoms with van der Waals surface area (Å²) >= 11 is 7.01. The molecule has 0 fully saturated rings. The van der Waals surface area contributed by atoms with Crippen LogP contribution in [0.25, 0.3) is 93.3 Å². The van der Waals surface area contributed by atoms with Gasteiger partial charge in [-0.1, -0.05) is 96.5 Å². The fourth-order valence-corrected chi connectivity index (χ4v) is 6.97. The molecule has 10 aromatic rings. The Bertz CT molecular complexity index is 2770. The third-order valence-electron chi connectivity index (χ3n) is 8.50. The summed E-state index contributed by atoms with van der Waals surface area (Å²) in [5.41, 5.74) is 5.32. The molecule has 0 bridgehead atoms. The lowest BCUT2D eigenvalue weighted by atomic mass is 9.98. The zero-order valence-electron chi connectivity index (χ0n) is 21.9. The average Bonchev–Trinajstić information content (AvgIpc) is 3.71. The first-order valence-electron chi connectivity index (χ1n) is 13.8. The zero-order chi connectivity index (χ0) is 27.5. The first kappa shape index (κ1) is 22.3. The number of nitrogens with zero attached hydrogens (tertiary/aromatic N) is 3. The number of furan rings is 2. The lowest BCUT2D eigenvalue weighted by Gasteiger charge is -2.09. The highest BCUT2D eigenvalue weighted by atomic mass is 35.5. The van der Waals surface area contributed by atoms with E-state index in [1.54, 1.807) is 0 Å². The Hall–Kier alpha value is -5.39. The summed E-state index contributed by atoms with van der Waals surface area (Å²) in [6.45, 7) is 0. The Morgan fingerprint density at radius 1 is 0.548 bits per heavy atom. The van der Waals surface area contributed by atoms with Crippen molar-refractivity contribution in [2.24, 2.45) is 0 Å². The molecule has 0 N–H and O–H groups in total. The minimum Gasteiger partial charge on any atom is -0.453 e. The summed E-state index contributed by atoms with van der Waals surface area (Å²) in [6.07, 6.45) is 0. The van der Waals surface area contributed by atoms with E-state index in [4.69, 9.17) is 30.4 Å². The summed E-state index contributed by atoms with van der Waals surface area (Å²) in [5, 5.41) is 9.97. The van der Waals surface area contributed by atoms with E-state index >= 15 is 0 Å². The topological polar surface area (TPSA) is 57.0 Å². The van der Waals surface area contributed by atoms with E-state index in [2.05, 4.69) is 83.4 Å². The molecule has 196 valence electrons. The molecule has 0 atom stereocenters. The van der Waals surface area contributed by atoms with Crippen molar-refractivity contribution in [3.63, 3.8) is 0 Å². The highest BCUT2D eigenvalue weighted by Gasteiger charge is 2.26. The molecule has 10 rings (SSSR count). The molecule has 0 saturated carbocycles. The van der Waals surface area contributed by atoms with Gasteiger partial charge in [0.2, 0.25) is 5.71 Å². The van der Waals surface area contributed by atoms with Gasteiger partial charge in [-0.2, -0.15) is 4.98 Å². The van der Waals surface area contributed by atoms with E-state index in [-0.39, 0.29) is 0 Å². The van der Waals surface area contributed by atoms with Crippen LogP contribution in [-0.2, 0) is 0 Å². The molecule has 4 aromatic heterocycles. The number of hydrogen-bond acceptors (Lipinski definition) is 4. The van der Waals surface area contributed by atoms with Crippen molar-refractivity contribution >= 4 is 99.1 Å². The largest absolute Gasteiger partial charge is 0.453 e. The van der Waals surface area contributed by atoms with Gasteiger partial charge in [0, 0.05) is 32.3 Å². The van der Waals surface area contributed by atoms with Gasteiger partial charge in [0.15, 0.2) is 16.6 Å². The van der Waals surface area contributed by atoms with Crippen LogP contribution >= 0.6 is 11.6 Å². The van der Waals surface area contributed by atoms with Crippen LogP contribution in [0.2, 0.25) is 5.15 Å². The molecule has 5 nitrogen and oxygen atoms in total. The summed E-state index contributed by atoms with van der Waals surface area (Å²) in [7, 11) is 0. The van der Waals surface area contributed by atoms with Crippen LogP contribution in [0.1, 0.15) is 0 Å². The molecule has 0 amide bonds. The summed E-state index contributed by atoms with van der Waals surface area (Å²) in [5.74, 6) is 0.497. The second-order valence-corrected chi connectivity index (χ2v) is 11.0. The first-order valence-corrected chi connectivity index (χ1v) is 14.2. The van der Waals surface area contributed by atoms with Crippen molar-refractivity contribution in [1.29, 1.82) is 0 Å². The van der Waals surface area contributed by atoms with Crippen LogP contribution in [0.3, 0.4) is 0 Å². The van der Waals surface area contributed by atoms with Crippen molar-refractivity contribution < 1.29 is 8.83 Å². The molecule has 0 radical (unpaired) electrons. The molecule has 0 aliphatic carbocycles. The minimum atomic E-state index is 0.291.